The van der Waals surface area contributed by atoms with E-state index in [1.165, 1.54) is 6.92 Å². The normalized spacial score (nSPS) is 14.2. The van der Waals surface area contributed by atoms with E-state index in [1.54, 1.807) is 18.3 Å². The maximum absolute atomic E-state index is 10.8. The first kappa shape index (κ1) is 15.0. The van der Waals surface area contributed by atoms with Crippen LogP contribution in [0.1, 0.15) is 25.0 Å². The van der Waals surface area contributed by atoms with Crippen molar-refractivity contribution in [3.63, 3.8) is 0 Å². The molecule has 0 saturated carbocycles. The summed E-state index contributed by atoms with van der Waals surface area (Å²) >= 11 is 1.15. The van der Waals surface area contributed by atoms with Crippen molar-refractivity contribution in [3.8, 4) is 0 Å². The summed E-state index contributed by atoms with van der Waals surface area (Å²) in [5.74, 6) is 0.499. The van der Waals surface area contributed by atoms with Crippen LogP contribution in [0.4, 0.5) is 0 Å². The first-order chi connectivity index (χ1) is 9.58. The molecule has 20 heavy (non-hydrogen) atoms. The molecule has 4 nitrogen and oxygen atoms in total. The van der Waals surface area contributed by atoms with Crippen LogP contribution in [0.15, 0.2) is 36.5 Å². The number of aliphatic hydroxyl groups is 2. The zero-order valence-corrected chi connectivity index (χ0v) is 12.0. The highest BCUT2D eigenvalue weighted by Crippen LogP contribution is 2.23. The molecule has 2 unspecified atom stereocenters. The summed E-state index contributed by atoms with van der Waals surface area (Å²) in [6.07, 6.45) is 0.210. The highest BCUT2D eigenvalue weighted by Gasteiger charge is 2.18. The Balaban J connectivity index is 2.06. The van der Waals surface area contributed by atoms with Crippen molar-refractivity contribution in [1.29, 1.82) is 0 Å². The van der Waals surface area contributed by atoms with Gasteiger partial charge in [-0.3, -0.25) is 9.78 Å². The molecule has 2 aromatic rings. The van der Waals surface area contributed by atoms with E-state index in [0.29, 0.717) is 17.7 Å². The Kier molecular flexibility index (Phi) is 5.11. The number of aromatic nitrogens is 1. The van der Waals surface area contributed by atoms with Gasteiger partial charge in [-0.15, -0.1) is 0 Å². The second kappa shape index (κ2) is 6.83. The number of nitrogens with zero attached hydrogens (tertiary/aromatic N) is 1. The minimum absolute atomic E-state index is 0.0154. The van der Waals surface area contributed by atoms with Gasteiger partial charge >= 0.3 is 0 Å². The van der Waals surface area contributed by atoms with E-state index in [1.807, 2.05) is 18.2 Å². The van der Waals surface area contributed by atoms with Gasteiger partial charge in [0.1, 0.15) is 6.10 Å². The number of pyridine rings is 1. The first-order valence-electron chi connectivity index (χ1n) is 6.42. The van der Waals surface area contributed by atoms with Crippen molar-refractivity contribution in [2.45, 2.75) is 25.6 Å². The highest BCUT2D eigenvalue weighted by molar-refractivity contribution is 8.13. The Morgan fingerprint density at radius 2 is 2.15 bits per heavy atom. The summed E-state index contributed by atoms with van der Waals surface area (Å²) in [6, 6.07) is 9.24. The lowest BCUT2D eigenvalue weighted by atomic mass is 10.0. The number of benzene rings is 1. The van der Waals surface area contributed by atoms with Crippen molar-refractivity contribution in [1.82, 2.24) is 4.98 Å². The van der Waals surface area contributed by atoms with Crippen LogP contribution in [0.25, 0.3) is 10.9 Å². The fraction of sp³-hybridized carbons (Fsp3) is 0.333. The van der Waals surface area contributed by atoms with E-state index < -0.39 is 12.2 Å². The molecule has 1 aromatic heterocycles. The Hall–Kier alpha value is -1.43. The molecule has 106 valence electrons. The molecule has 0 fully saturated rings. The number of hydrogen-bond donors (Lipinski definition) is 2. The van der Waals surface area contributed by atoms with Gasteiger partial charge < -0.3 is 10.2 Å². The monoisotopic (exact) mass is 291 g/mol. The van der Waals surface area contributed by atoms with Gasteiger partial charge in [0.15, 0.2) is 5.12 Å². The fourth-order valence-corrected chi connectivity index (χ4v) is 2.62. The lowest BCUT2D eigenvalue weighted by Gasteiger charge is -2.18. The average Bonchev–Trinajstić information content (AvgIpc) is 2.45. The smallest absolute Gasteiger partial charge is 0.185 e. The van der Waals surface area contributed by atoms with E-state index in [9.17, 15) is 15.0 Å². The Labute approximate surface area is 121 Å². The van der Waals surface area contributed by atoms with Crippen molar-refractivity contribution < 1.29 is 15.0 Å². The van der Waals surface area contributed by atoms with Crippen LogP contribution in [0.2, 0.25) is 0 Å². The molecule has 1 aromatic carbocycles. The Morgan fingerprint density at radius 3 is 2.90 bits per heavy atom. The summed E-state index contributed by atoms with van der Waals surface area (Å²) < 4.78 is 0. The van der Waals surface area contributed by atoms with Gasteiger partial charge in [-0.1, -0.05) is 30.0 Å². The number of hydrogen-bond acceptors (Lipinski definition) is 5. The lowest BCUT2D eigenvalue weighted by Crippen LogP contribution is -2.19. The van der Waals surface area contributed by atoms with E-state index in [-0.39, 0.29) is 5.12 Å². The highest BCUT2D eigenvalue weighted by atomic mass is 32.2. The van der Waals surface area contributed by atoms with Gasteiger partial charge in [0.2, 0.25) is 0 Å². The zero-order valence-electron chi connectivity index (χ0n) is 11.2. The molecule has 0 amide bonds. The second-order valence-electron chi connectivity index (χ2n) is 4.60. The van der Waals surface area contributed by atoms with Gasteiger partial charge in [0.05, 0.1) is 11.6 Å². The molecule has 1 heterocycles. The number of rotatable bonds is 5. The number of aliphatic hydroxyl groups excluding tert-OH is 2. The molecule has 0 aliphatic carbocycles. The number of fused-ring (bicyclic) bond motifs is 1. The van der Waals surface area contributed by atoms with Crippen molar-refractivity contribution in [2.75, 3.05) is 5.75 Å². The predicted octanol–water partition coefficient (Wildman–Crippen LogP) is 2.30. The quantitative estimate of drug-likeness (QED) is 0.884. The third-order valence-electron chi connectivity index (χ3n) is 3.05. The maximum atomic E-state index is 10.8. The van der Waals surface area contributed by atoms with Crippen LogP contribution < -0.4 is 0 Å². The Bertz CT molecular complexity index is 602. The van der Waals surface area contributed by atoms with Crippen molar-refractivity contribution in [2.24, 2.45) is 0 Å². The maximum Gasteiger partial charge on any atom is 0.185 e. The summed E-state index contributed by atoms with van der Waals surface area (Å²) in [6.45, 7) is 1.49. The van der Waals surface area contributed by atoms with Gasteiger partial charge in [-0.2, -0.15) is 0 Å². The third kappa shape index (κ3) is 3.79. The lowest BCUT2D eigenvalue weighted by molar-refractivity contribution is -0.109. The molecule has 2 atom stereocenters. The summed E-state index contributed by atoms with van der Waals surface area (Å²) in [4.78, 5) is 15.0. The van der Waals surface area contributed by atoms with Crippen LogP contribution >= 0.6 is 11.8 Å². The summed E-state index contributed by atoms with van der Waals surface area (Å²) in [5.41, 5.74) is 1.42. The van der Waals surface area contributed by atoms with E-state index in [4.69, 9.17) is 0 Å². The van der Waals surface area contributed by atoms with Crippen LogP contribution in [0.5, 0.6) is 0 Å². The molecule has 0 aliphatic rings. The van der Waals surface area contributed by atoms with E-state index in [0.717, 1.165) is 22.7 Å². The van der Waals surface area contributed by atoms with Gasteiger partial charge in [-0.05, 0) is 24.1 Å². The standard InChI is InChI=1S/C15H17NO3S/c1-10(17)20-8-6-14(18)15(19)12-5-4-11-3-2-7-16-13(11)9-12/h2-5,7,9,14-15,18-19H,6,8H2,1H3. The minimum Gasteiger partial charge on any atom is -0.390 e. The molecule has 0 bridgehead atoms. The van der Waals surface area contributed by atoms with Crippen LogP contribution in [-0.4, -0.2) is 32.2 Å². The SMILES string of the molecule is CC(=O)SCCC(O)C(O)c1ccc2cccnc2c1. The molecule has 2 N–H and O–H groups in total. The van der Waals surface area contributed by atoms with Gasteiger partial charge in [0, 0.05) is 24.3 Å². The molecule has 2 rings (SSSR count). The predicted molar refractivity (Wildman–Crippen MR) is 80.5 cm³/mol. The summed E-state index contributed by atoms with van der Waals surface area (Å²) in [5, 5.41) is 21.1. The third-order valence-corrected chi connectivity index (χ3v) is 3.90. The molecule has 0 saturated heterocycles. The zero-order chi connectivity index (χ0) is 14.5. The van der Waals surface area contributed by atoms with Crippen LogP contribution in [0.3, 0.4) is 0 Å². The molecule has 5 heteroatoms. The first-order valence-corrected chi connectivity index (χ1v) is 7.40. The summed E-state index contributed by atoms with van der Waals surface area (Å²) in [7, 11) is 0. The minimum atomic E-state index is -0.964. The largest absolute Gasteiger partial charge is 0.390 e. The number of carbonyl (C=O) groups excluding carboxylic acids is 1. The van der Waals surface area contributed by atoms with E-state index >= 15 is 0 Å². The van der Waals surface area contributed by atoms with Crippen molar-refractivity contribution in [3.05, 3.63) is 42.1 Å². The van der Waals surface area contributed by atoms with Crippen LogP contribution in [-0.2, 0) is 4.79 Å². The Morgan fingerprint density at radius 1 is 1.35 bits per heavy atom. The molecule has 0 spiro atoms. The number of thioether (sulfide) groups is 1. The molecule has 0 radical (unpaired) electrons. The van der Waals surface area contributed by atoms with Crippen molar-refractivity contribution >= 4 is 27.8 Å². The average molecular weight is 291 g/mol. The fourth-order valence-electron chi connectivity index (χ4n) is 1.97. The molecule has 0 aliphatic heterocycles. The van der Waals surface area contributed by atoms with Gasteiger partial charge in [-0.25, -0.2) is 0 Å². The second-order valence-corrected chi connectivity index (χ2v) is 5.87. The molecular weight excluding hydrogens is 274 g/mol. The van der Waals surface area contributed by atoms with Crippen LogP contribution in [0, 0.1) is 0 Å². The topological polar surface area (TPSA) is 70.4 Å². The van der Waals surface area contributed by atoms with E-state index in [2.05, 4.69) is 4.98 Å². The molecular formula is C15H17NO3S. The van der Waals surface area contributed by atoms with Gasteiger partial charge in [0.25, 0.3) is 0 Å². The number of carbonyl (C=O) groups is 1.